The van der Waals surface area contributed by atoms with Gasteiger partial charge in [-0.2, -0.15) is 0 Å². The maximum atomic E-state index is 15.7. The molecule has 0 aromatic heterocycles. The van der Waals surface area contributed by atoms with Gasteiger partial charge in [-0.05, 0) is 43.2 Å². The van der Waals surface area contributed by atoms with Gasteiger partial charge in [-0.25, -0.2) is 4.39 Å². The lowest BCUT2D eigenvalue weighted by molar-refractivity contribution is 0.103. The first-order valence-electron chi connectivity index (χ1n) is 10.8. The van der Waals surface area contributed by atoms with Crippen molar-refractivity contribution in [2.45, 2.75) is 26.7 Å². The molecule has 0 aliphatic heterocycles. The van der Waals surface area contributed by atoms with Crippen molar-refractivity contribution in [1.29, 1.82) is 0 Å². The van der Waals surface area contributed by atoms with E-state index in [1.54, 1.807) is 55.6 Å². The minimum Gasteiger partial charge on any atom is -0.488 e. The Kier molecular flexibility index (Phi) is 8.65. The maximum Gasteiger partial charge on any atom is 0.193 e. The first-order valence-corrected chi connectivity index (χ1v) is 11.2. The summed E-state index contributed by atoms with van der Waals surface area (Å²) >= 11 is 6.58. The van der Waals surface area contributed by atoms with E-state index in [-0.39, 0.29) is 23.7 Å². The summed E-state index contributed by atoms with van der Waals surface area (Å²) in [5, 5.41) is 0.337. The van der Waals surface area contributed by atoms with E-state index in [1.807, 2.05) is 19.9 Å². The molecule has 3 aromatic rings. The fraction of sp³-hybridized carbons (Fsp3) is 0.250. The highest BCUT2D eigenvalue weighted by Gasteiger charge is 2.21. The molecular formula is C28H26ClFO3. The molecule has 0 spiro atoms. The topological polar surface area (TPSA) is 35.5 Å². The molecule has 0 atom stereocenters. The normalized spacial score (nSPS) is 10.5. The number of hydrogen-bond donors (Lipinski definition) is 0. The van der Waals surface area contributed by atoms with Crippen LogP contribution < -0.4 is 4.74 Å². The molecule has 0 saturated heterocycles. The zero-order valence-electron chi connectivity index (χ0n) is 19.0. The molecule has 3 nitrogen and oxygen atoms in total. The Labute approximate surface area is 199 Å². The molecule has 0 unspecified atom stereocenters. The monoisotopic (exact) mass is 464 g/mol. The minimum atomic E-state index is -0.571. The van der Waals surface area contributed by atoms with Crippen LogP contribution in [0.15, 0.2) is 54.6 Å². The van der Waals surface area contributed by atoms with Crippen molar-refractivity contribution in [3.05, 3.63) is 87.7 Å². The van der Waals surface area contributed by atoms with Crippen LogP contribution in [0, 0.1) is 24.6 Å². The van der Waals surface area contributed by atoms with Crippen molar-refractivity contribution in [3.8, 4) is 28.7 Å². The average Bonchev–Trinajstić information content (AvgIpc) is 2.82. The van der Waals surface area contributed by atoms with E-state index in [2.05, 4.69) is 11.8 Å². The smallest absolute Gasteiger partial charge is 0.193 e. The fourth-order valence-electron chi connectivity index (χ4n) is 3.41. The van der Waals surface area contributed by atoms with Gasteiger partial charge in [-0.15, -0.1) is 0 Å². The van der Waals surface area contributed by atoms with Gasteiger partial charge in [0.25, 0.3) is 0 Å². The second-order valence-corrected chi connectivity index (χ2v) is 7.94. The first kappa shape index (κ1) is 24.5. The standard InChI is InChI=1S/C28H26ClFO3/c1-4-5-7-10-20-13-14-25(33-16-15-32-3)27(30)26(20)23-18-22(19(2)17-24(23)29)28(31)21-11-8-6-9-12-21/h6,8-9,11-14,17-18H,4-5,15-16H2,1-3H3. The van der Waals surface area contributed by atoms with Crippen molar-refractivity contribution in [2.75, 3.05) is 20.3 Å². The van der Waals surface area contributed by atoms with Crippen molar-refractivity contribution in [2.24, 2.45) is 0 Å². The van der Waals surface area contributed by atoms with E-state index in [1.165, 1.54) is 0 Å². The highest BCUT2D eigenvalue weighted by molar-refractivity contribution is 6.33. The summed E-state index contributed by atoms with van der Waals surface area (Å²) in [5.41, 5.74) is 2.83. The van der Waals surface area contributed by atoms with Crippen LogP contribution in [0.2, 0.25) is 5.02 Å². The Morgan fingerprint density at radius 3 is 2.55 bits per heavy atom. The number of ether oxygens (including phenoxy) is 2. The SMILES string of the molecule is CCCC#Cc1ccc(OCCOC)c(F)c1-c1cc(C(=O)c2ccccc2)c(C)cc1Cl. The van der Waals surface area contributed by atoms with Crippen LogP contribution in [0.4, 0.5) is 4.39 Å². The van der Waals surface area contributed by atoms with Gasteiger partial charge in [0, 0.05) is 46.4 Å². The van der Waals surface area contributed by atoms with Gasteiger partial charge in [0.2, 0.25) is 0 Å². The third kappa shape index (κ3) is 5.82. The number of carbonyl (C=O) groups excluding carboxylic acids is 1. The summed E-state index contributed by atoms with van der Waals surface area (Å²) in [4.78, 5) is 13.2. The van der Waals surface area contributed by atoms with E-state index in [4.69, 9.17) is 21.1 Å². The molecule has 0 aliphatic carbocycles. The first-order chi connectivity index (χ1) is 16.0. The zero-order valence-corrected chi connectivity index (χ0v) is 19.8. The molecule has 0 amide bonds. The molecule has 33 heavy (non-hydrogen) atoms. The van der Waals surface area contributed by atoms with Gasteiger partial charge in [-0.3, -0.25) is 4.79 Å². The van der Waals surface area contributed by atoms with Crippen LogP contribution >= 0.6 is 11.6 Å². The van der Waals surface area contributed by atoms with Crippen molar-refractivity contribution >= 4 is 17.4 Å². The molecule has 3 rings (SSSR count). The molecule has 0 heterocycles. The number of ketones is 1. The fourth-order valence-corrected chi connectivity index (χ4v) is 3.72. The van der Waals surface area contributed by atoms with Gasteiger partial charge in [-0.1, -0.05) is 60.7 Å². The van der Waals surface area contributed by atoms with Crippen molar-refractivity contribution < 1.29 is 18.7 Å². The molecule has 0 aliphatic rings. The van der Waals surface area contributed by atoms with E-state index < -0.39 is 5.82 Å². The third-order valence-corrected chi connectivity index (χ3v) is 5.43. The molecule has 170 valence electrons. The highest BCUT2D eigenvalue weighted by atomic mass is 35.5. The minimum absolute atomic E-state index is 0.0793. The lowest BCUT2D eigenvalue weighted by atomic mass is 9.92. The number of halogens is 2. The zero-order chi connectivity index (χ0) is 23.8. The molecule has 0 fully saturated rings. The van der Waals surface area contributed by atoms with Gasteiger partial charge < -0.3 is 9.47 Å². The second-order valence-electron chi connectivity index (χ2n) is 7.54. The number of carbonyl (C=O) groups is 1. The van der Waals surface area contributed by atoms with Crippen LogP contribution in [0.1, 0.15) is 46.8 Å². The number of rotatable bonds is 8. The number of benzene rings is 3. The largest absolute Gasteiger partial charge is 0.488 e. The van der Waals surface area contributed by atoms with Crippen LogP contribution in [0.3, 0.4) is 0 Å². The van der Waals surface area contributed by atoms with E-state index in [9.17, 15) is 4.79 Å². The average molecular weight is 465 g/mol. The van der Waals surface area contributed by atoms with E-state index in [0.29, 0.717) is 45.9 Å². The summed E-state index contributed by atoms with van der Waals surface area (Å²) < 4.78 is 26.3. The Morgan fingerprint density at radius 2 is 1.85 bits per heavy atom. The maximum absolute atomic E-state index is 15.7. The molecule has 3 aromatic carbocycles. The number of hydrogen-bond acceptors (Lipinski definition) is 3. The summed E-state index contributed by atoms with van der Waals surface area (Å²) in [7, 11) is 1.55. The van der Waals surface area contributed by atoms with Crippen molar-refractivity contribution in [1.82, 2.24) is 0 Å². The number of aryl methyl sites for hydroxylation is 1. The Balaban J connectivity index is 2.18. The lowest BCUT2D eigenvalue weighted by Gasteiger charge is -2.16. The molecule has 0 N–H and O–H groups in total. The lowest BCUT2D eigenvalue weighted by Crippen LogP contribution is -2.07. The van der Waals surface area contributed by atoms with E-state index in [0.717, 1.165) is 6.42 Å². The van der Waals surface area contributed by atoms with Crippen LogP contribution in [0.25, 0.3) is 11.1 Å². The summed E-state index contributed by atoms with van der Waals surface area (Å²) in [6.45, 7) is 4.37. The molecule has 0 bridgehead atoms. The van der Waals surface area contributed by atoms with Gasteiger partial charge in [0.15, 0.2) is 17.3 Å². The van der Waals surface area contributed by atoms with Gasteiger partial charge in [0.05, 0.1) is 6.61 Å². The Morgan fingerprint density at radius 1 is 1.09 bits per heavy atom. The van der Waals surface area contributed by atoms with Gasteiger partial charge >= 0.3 is 0 Å². The summed E-state index contributed by atoms with van der Waals surface area (Å²) in [5.74, 6) is 5.48. The molecular weight excluding hydrogens is 439 g/mol. The predicted octanol–water partition coefficient (Wildman–Crippen LogP) is 6.86. The second kappa shape index (κ2) is 11.7. The number of unbranched alkanes of at least 4 members (excludes halogenated alkanes) is 1. The van der Waals surface area contributed by atoms with Crippen LogP contribution in [0.5, 0.6) is 5.75 Å². The van der Waals surface area contributed by atoms with E-state index >= 15 is 4.39 Å². The van der Waals surface area contributed by atoms with Crippen molar-refractivity contribution in [3.63, 3.8) is 0 Å². The summed E-state index contributed by atoms with van der Waals surface area (Å²) in [6.07, 6.45) is 1.58. The Bertz CT molecular complexity index is 1190. The highest BCUT2D eigenvalue weighted by Crippen LogP contribution is 2.38. The molecule has 5 heteroatoms. The quantitative estimate of drug-likeness (QED) is 0.207. The summed E-state index contributed by atoms with van der Waals surface area (Å²) in [6, 6.07) is 15.6. The predicted molar refractivity (Wildman–Crippen MR) is 131 cm³/mol. The molecule has 0 saturated carbocycles. The third-order valence-electron chi connectivity index (χ3n) is 5.11. The van der Waals surface area contributed by atoms with Gasteiger partial charge in [0.1, 0.15) is 6.61 Å². The van der Waals surface area contributed by atoms with Crippen LogP contribution in [-0.4, -0.2) is 26.1 Å². The molecule has 0 radical (unpaired) electrons. The van der Waals surface area contributed by atoms with Crippen LogP contribution in [-0.2, 0) is 4.74 Å². The Hall–Kier alpha value is -3.13. The number of methoxy groups -OCH3 is 1.